The maximum Gasteiger partial charge on any atom is 0.280 e. The maximum atomic E-state index is 13.8. The van der Waals surface area contributed by atoms with Crippen molar-refractivity contribution < 1.29 is 9.18 Å². The predicted octanol–water partition coefficient (Wildman–Crippen LogP) is 2.97. The van der Waals surface area contributed by atoms with Crippen molar-refractivity contribution in [1.82, 2.24) is 14.3 Å². The molecule has 2 heterocycles. The number of para-hydroxylation sites is 2. The largest absolute Gasteiger partial charge is 0.322 e. The van der Waals surface area contributed by atoms with Crippen LogP contribution in [0, 0.1) is 5.82 Å². The lowest BCUT2D eigenvalue weighted by Crippen LogP contribution is -2.27. The molecule has 134 valence electrons. The van der Waals surface area contributed by atoms with E-state index in [1.807, 2.05) is 6.07 Å². The van der Waals surface area contributed by atoms with Gasteiger partial charge in [-0.3, -0.25) is 14.3 Å². The summed E-state index contributed by atoms with van der Waals surface area (Å²) in [7, 11) is 0. The summed E-state index contributed by atoms with van der Waals surface area (Å²) in [6.45, 7) is -0.195. The summed E-state index contributed by atoms with van der Waals surface area (Å²) in [5, 5.41) is 2.94. The number of hydrogen-bond acceptors (Lipinski definition) is 3. The van der Waals surface area contributed by atoms with E-state index in [0.29, 0.717) is 16.7 Å². The zero-order chi connectivity index (χ0) is 18.8. The van der Waals surface area contributed by atoms with Crippen molar-refractivity contribution in [2.45, 2.75) is 6.54 Å². The summed E-state index contributed by atoms with van der Waals surface area (Å²) < 4.78 is 16.7. The number of rotatable bonds is 4. The summed E-state index contributed by atoms with van der Waals surface area (Å²) in [5.41, 5.74) is 0.803. The first kappa shape index (κ1) is 16.7. The van der Waals surface area contributed by atoms with Crippen LogP contribution in [0.3, 0.4) is 0 Å². The fraction of sp³-hybridized carbons (Fsp3) is 0.0500. The normalized spacial score (nSPS) is 10.9. The van der Waals surface area contributed by atoms with Gasteiger partial charge in [0.15, 0.2) is 5.65 Å². The average molecular weight is 362 g/mol. The van der Waals surface area contributed by atoms with Gasteiger partial charge in [-0.2, -0.15) is 0 Å². The molecule has 4 aromatic rings. The Morgan fingerprint density at radius 3 is 2.52 bits per heavy atom. The van der Waals surface area contributed by atoms with E-state index in [-0.39, 0.29) is 17.8 Å². The number of pyridine rings is 1. The van der Waals surface area contributed by atoms with Gasteiger partial charge < -0.3 is 5.32 Å². The Hall–Kier alpha value is -3.74. The van der Waals surface area contributed by atoms with Crippen LogP contribution in [0.25, 0.3) is 16.7 Å². The number of benzene rings is 2. The van der Waals surface area contributed by atoms with Gasteiger partial charge in [-0.05, 0) is 36.4 Å². The number of hydrogen-bond donors (Lipinski definition) is 1. The molecule has 7 heteroatoms. The number of aromatic nitrogens is 3. The van der Waals surface area contributed by atoms with Crippen LogP contribution >= 0.6 is 0 Å². The average Bonchev–Trinajstić information content (AvgIpc) is 2.96. The van der Waals surface area contributed by atoms with Crippen molar-refractivity contribution >= 4 is 22.6 Å². The highest BCUT2D eigenvalue weighted by Gasteiger charge is 2.18. The molecule has 0 bridgehead atoms. The second-order valence-electron chi connectivity index (χ2n) is 5.91. The number of anilines is 1. The number of carbonyl (C=O) groups excluding carboxylic acids is 1. The Morgan fingerprint density at radius 2 is 1.74 bits per heavy atom. The van der Waals surface area contributed by atoms with Gasteiger partial charge in [-0.25, -0.2) is 14.1 Å². The van der Waals surface area contributed by atoms with Gasteiger partial charge in [-0.15, -0.1) is 0 Å². The molecule has 0 aliphatic rings. The van der Waals surface area contributed by atoms with E-state index in [2.05, 4.69) is 10.3 Å². The van der Waals surface area contributed by atoms with Crippen LogP contribution in [-0.4, -0.2) is 20.3 Å². The van der Waals surface area contributed by atoms with E-state index >= 15 is 0 Å². The van der Waals surface area contributed by atoms with E-state index in [4.69, 9.17) is 0 Å². The van der Waals surface area contributed by atoms with E-state index in [1.54, 1.807) is 54.7 Å². The minimum Gasteiger partial charge on any atom is -0.322 e. The Labute approximate surface area is 153 Å². The van der Waals surface area contributed by atoms with Crippen molar-refractivity contribution in [3.63, 3.8) is 0 Å². The fourth-order valence-electron chi connectivity index (χ4n) is 2.95. The minimum atomic E-state index is -0.526. The molecule has 0 spiro atoms. The highest BCUT2D eigenvalue weighted by atomic mass is 19.1. The summed E-state index contributed by atoms with van der Waals surface area (Å²) >= 11 is 0. The number of nitrogens with one attached hydrogen (secondary N) is 1. The zero-order valence-corrected chi connectivity index (χ0v) is 14.2. The van der Waals surface area contributed by atoms with Crippen molar-refractivity contribution in [2.75, 3.05) is 5.32 Å². The van der Waals surface area contributed by atoms with Crippen LogP contribution < -0.4 is 10.9 Å². The molecular weight excluding hydrogens is 347 g/mol. The van der Waals surface area contributed by atoms with Crippen molar-refractivity contribution in [1.29, 1.82) is 0 Å². The zero-order valence-electron chi connectivity index (χ0n) is 14.2. The summed E-state index contributed by atoms with van der Waals surface area (Å²) in [5.74, 6) is -0.992. The molecule has 0 atom stereocenters. The Bertz CT molecular complexity index is 1180. The summed E-state index contributed by atoms with van der Waals surface area (Å²) in [4.78, 5) is 29.6. The number of fused-ring (bicyclic) bond motifs is 1. The highest BCUT2D eigenvalue weighted by molar-refractivity contribution is 5.91. The molecule has 1 N–H and O–H groups in total. The van der Waals surface area contributed by atoms with Gasteiger partial charge in [0.1, 0.15) is 12.4 Å². The van der Waals surface area contributed by atoms with E-state index < -0.39 is 11.7 Å². The molecule has 1 amide bonds. The van der Waals surface area contributed by atoms with Crippen LogP contribution in [0.5, 0.6) is 0 Å². The SMILES string of the molecule is O=C(Cn1c2ncccc2c(=O)n1-c1ccccc1)Nc1ccccc1F. The smallest absolute Gasteiger partial charge is 0.280 e. The van der Waals surface area contributed by atoms with Gasteiger partial charge in [0.05, 0.1) is 16.8 Å². The number of amides is 1. The first-order chi connectivity index (χ1) is 13.1. The van der Waals surface area contributed by atoms with Crippen LogP contribution in [0.1, 0.15) is 0 Å². The molecule has 0 fully saturated rings. The molecule has 0 saturated carbocycles. The third-order valence-electron chi connectivity index (χ3n) is 4.14. The number of nitrogens with zero attached hydrogens (tertiary/aromatic N) is 3. The molecule has 0 aliphatic heterocycles. The molecule has 0 saturated heterocycles. The molecule has 6 nitrogen and oxygen atoms in total. The Kier molecular flexibility index (Phi) is 4.25. The van der Waals surface area contributed by atoms with Gasteiger partial charge >= 0.3 is 0 Å². The lowest BCUT2D eigenvalue weighted by atomic mass is 10.3. The molecule has 0 unspecified atom stereocenters. The fourth-order valence-corrected chi connectivity index (χ4v) is 2.95. The standard InChI is InChI=1S/C20H15FN4O2/c21-16-10-4-5-11-17(16)23-18(26)13-24-19-15(9-6-12-22-19)20(27)25(24)14-7-2-1-3-8-14/h1-12H,13H2,(H,23,26). The molecule has 4 rings (SSSR count). The number of halogens is 1. The third kappa shape index (κ3) is 3.10. The van der Waals surface area contributed by atoms with Crippen LogP contribution in [0.4, 0.5) is 10.1 Å². The predicted molar refractivity (Wildman–Crippen MR) is 100 cm³/mol. The van der Waals surface area contributed by atoms with Crippen LogP contribution in [-0.2, 0) is 11.3 Å². The summed E-state index contributed by atoms with van der Waals surface area (Å²) in [6.07, 6.45) is 1.56. The lowest BCUT2D eigenvalue weighted by molar-refractivity contribution is -0.117. The second-order valence-corrected chi connectivity index (χ2v) is 5.91. The van der Waals surface area contributed by atoms with Gasteiger partial charge in [0, 0.05) is 6.20 Å². The quantitative estimate of drug-likeness (QED) is 0.607. The molecule has 27 heavy (non-hydrogen) atoms. The second kappa shape index (κ2) is 6.87. The molecular formula is C20H15FN4O2. The Balaban J connectivity index is 1.78. The van der Waals surface area contributed by atoms with Crippen molar-refractivity contribution in [2.24, 2.45) is 0 Å². The lowest BCUT2D eigenvalue weighted by Gasteiger charge is -2.12. The minimum absolute atomic E-state index is 0.0838. The molecule has 2 aromatic heterocycles. The van der Waals surface area contributed by atoms with E-state index in [0.717, 1.165) is 0 Å². The van der Waals surface area contributed by atoms with Crippen molar-refractivity contribution in [3.05, 3.63) is 89.1 Å². The van der Waals surface area contributed by atoms with Crippen LogP contribution in [0.2, 0.25) is 0 Å². The first-order valence-corrected chi connectivity index (χ1v) is 8.31. The Morgan fingerprint density at radius 1 is 1.00 bits per heavy atom. The maximum absolute atomic E-state index is 13.8. The van der Waals surface area contributed by atoms with E-state index in [9.17, 15) is 14.0 Å². The monoisotopic (exact) mass is 362 g/mol. The topological polar surface area (TPSA) is 68.9 Å². The summed E-state index contributed by atoms with van der Waals surface area (Å²) in [6, 6.07) is 18.2. The first-order valence-electron chi connectivity index (χ1n) is 8.31. The van der Waals surface area contributed by atoms with Gasteiger partial charge in [-0.1, -0.05) is 30.3 Å². The van der Waals surface area contributed by atoms with Crippen molar-refractivity contribution in [3.8, 4) is 5.69 Å². The van der Waals surface area contributed by atoms with Gasteiger partial charge in [0.25, 0.3) is 5.56 Å². The molecule has 0 aliphatic carbocycles. The third-order valence-corrected chi connectivity index (χ3v) is 4.14. The highest BCUT2D eigenvalue weighted by Crippen LogP contribution is 2.15. The van der Waals surface area contributed by atoms with E-state index in [1.165, 1.54) is 21.5 Å². The number of carbonyl (C=O) groups is 1. The molecule has 0 radical (unpaired) electrons. The van der Waals surface area contributed by atoms with Gasteiger partial charge in [0.2, 0.25) is 5.91 Å². The molecule has 2 aromatic carbocycles. The van der Waals surface area contributed by atoms with Crippen LogP contribution in [0.15, 0.2) is 77.7 Å².